The summed E-state index contributed by atoms with van der Waals surface area (Å²) in [5.41, 5.74) is 0.481. The van der Waals surface area contributed by atoms with E-state index in [2.05, 4.69) is 4.98 Å². The Morgan fingerprint density at radius 2 is 2.27 bits per heavy atom. The van der Waals surface area contributed by atoms with Gasteiger partial charge in [0.05, 0.1) is 5.56 Å². The second-order valence-corrected chi connectivity index (χ2v) is 3.58. The fraction of sp³-hybridized carbons (Fsp3) is 0.455. The van der Waals surface area contributed by atoms with Gasteiger partial charge in [-0.05, 0) is 25.5 Å². The zero-order valence-corrected chi connectivity index (χ0v) is 9.79. The van der Waals surface area contributed by atoms with Crippen molar-refractivity contribution in [2.75, 3.05) is 13.1 Å². The molecule has 0 aliphatic heterocycles. The lowest BCUT2D eigenvalue weighted by atomic mass is 10.2. The van der Waals surface area contributed by atoms with Crippen molar-refractivity contribution in [1.29, 1.82) is 0 Å². The number of carbonyl (C=O) groups excluding carboxylic acids is 1. The van der Waals surface area contributed by atoms with E-state index in [1.54, 1.807) is 23.2 Å². The van der Waals surface area contributed by atoms with E-state index in [0.29, 0.717) is 12.1 Å². The highest BCUT2D eigenvalue weighted by molar-refractivity contribution is 6.32. The Kier molecular flexibility index (Phi) is 4.56. The van der Waals surface area contributed by atoms with Gasteiger partial charge in [0, 0.05) is 19.3 Å². The molecule has 0 bridgehead atoms. The molecule has 3 nitrogen and oxygen atoms in total. The molecular formula is C11H15ClN2O. The molecule has 1 rings (SSSR count). The van der Waals surface area contributed by atoms with Crippen LogP contribution in [0.3, 0.4) is 0 Å². The van der Waals surface area contributed by atoms with Crippen LogP contribution in [0.1, 0.15) is 30.6 Å². The summed E-state index contributed by atoms with van der Waals surface area (Å²) in [6.45, 7) is 5.44. The predicted octanol–water partition coefficient (Wildman–Crippen LogP) is 2.61. The maximum absolute atomic E-state index is 12.0. The molecule has 0 aliphatic carbocycles. The van der Waals surface area contributed by atoms with Gasteiger partial charge in [-0.2, -0.15) is 0 Å². The molecule has 1 aromatic rings. The van der Waals surface area contributed by atoms with E-state index in [9.17, 15) is 4.79 Å². The molecule has 0 fully saturated rings. The van der Waals surface area contributed by atoms with Gasteiger partial charge < -0.3 is 4.90 Å². The van der Waals surface area contributed by atoms with Gasteiger partial charge >= 0.3 is 0 Å². The highest BCUT2D eigenvalue weighted by atomic mass is 35.5. The van der Waals surface area contributed by atoms with Crippen molar-refractivity contribution in [3.05, 3.63) is 29.0 Å². The summed E-state index contributed by atoms with van der Waals surface area (Å²) in [5.74, 6) is -0.0440. The number of hydrogen-bond acceptors (Lipinski definition) is 2. The third-order valence-electron chi connectivity index (χ3n) is 2.15. The fourth-order valence-corrected chi connectivity index (χ4v) is 1.59. The van der Waals surface area contributed by atoms with Crippen molar-refractivity contribution in [3.8, 4) is 0 Å². The first-order valence-electron chi connectivity index (χ1n) is 5.10. The van der Waals surface area contributed by atoms with Crippen LogP contribution in [0.4, 0.5) is 0 Å². The molecule has 0 aliphatic rings. The van der Waals surface area contributed by atoms with E-state index < -0.39 is 0 Å². The monoisotopic (exact) mass is 226 g/mol. The summed E-state index contributed by atoms with van der Waals surface area (Å²) in [6.07, 6.45) is 2.52. The molecule has 0 unspecified atom stereocenters. The molecule has 82 valence electrons. The fourth-order valence-electron chi connectivity index (χ4n) is 1.39. The van der Waals surface area contributed by atoms with Crippen molar-refractivity contribution in [2.24, 2.45) is 0 Å². The summed E-state index contributed by atoms with van der Waals surface area (Å²) in [4.78, 5) is 17.6. The van der Waals surface area contributed by atoms with Crippen LogP contribution < -0.4 is 0 Å². The van der Waals surface area contributed by atoms with Crippen molar-refractivity contribution in [2.45, 2.75) is 20.3 Å². The maximum Gasteiger partial charge on any atom is 0.256 e. The molecule has 0 radical (unpaired) electrons. The molecule has 0 saturated heterocycles. The van der Waals surface area contributed by atoms with Gasteiger partial charge in [-0.3, -0.25) is 4.79 Å². The predicted molar refractivity (Wildman–Crippen MR) is 61.1 cm³/mol. The summed E-state index contributed by atoms with van der Waals surface area (Å²) in [6, 6.07) is 3.43. The molecule has 15 heavy (non-hydrogen) atoms. The van der Waals surface area contributed by atoms with Gasteiger partial charge in [0.2, 0.25) is 0 Å². The summed E-state index contributed by atoms with van der Waals surface area (Å²) in [5, 5.41) is 0.275. The number of amides is 1. The van der Waals surface area contributed by atoms with Gasteiger partial charge in [0.15, 0.2) is 0 Å². The minimum Gasteiger partial charge on any atom is -0.339 e. The Bertz CT molecular complexity index is 341. The zero-order chi connectivity index (χ0) is 11.3. The van der Waals surface area contributed by atoms with Crippen LogP contribution in [-0.4, -0.2) is 28.9 Å². The van der Waals surface area contributed by atoms with Gasteiger partial charge in [0.1, 0.15) is 5.15 Å². The molecule has 1 amide bonds. The van der Waals surface area contributed by atoms with E-state index in [4.69, 9.17) is 11.6 Å². The van der Waals surface area contributed by atoms with Gasteiger partial charge in [0.25, 0.3) is 5.91 Å². The average molecular weight is 227 g/mol. The van der Waals surface area contributed by atoms with Crippen LogP contribution in [0.15, 0.2) is 18.3 Å². The van der Waals surface area contributed by atoms with Crippen LogP contribution in [-0.2, 0) is 0 Å². The molecule has 0 N–H and O–H groups in total. The van der Waals surface area contributed by atoms with Crippen molar-refractivity contribution < 1.29 is 4.79 Å². The number of halogens is 1. The van der Waals surface area contributed by atoms with E-state index in [1.807, 2.05) is 13.8 Å². The number of pyridine rings is 1. The molecule has 0 saturated carbocycles. The topological polar surface area (TPSA) is 33.2 Å². The molecule has 0 spiro atoms. The number of carbonyl (C=O) groups is 1. The number of rotatable bonds is 4. The number of hydrogen-bond donors (Lipinski definition) is 0. The van der Waals surface area contributed by atoms with Gasteiger partial charge in [-0.1, -0.05) is 18.5 Å². The summed E-state index contributed by atoms with van der Waals surface area (Å²) < 4.78 is 0. The smallest absolute Gasteiger partial charge is 0.256 e. The van der Waals surface area contributed by atoms with Crippen molar-refractivity contribution in [3.63, 3.8) is 0 Å². The Balaban J connectivity index is 2.88. The lowest BCUT2D eigenvalue weighted by Gasteiger charge is -2.20. The van der Waals surface area contributed by atoms with Gasteiger partial charge in [-0.25, -0.2) is 4.98 Å². The van der Waals surface area contributed by atoms with Crippen LogP contribution in [0, 0.1) is 0 Å². The summed E-state index contributed by atoms with van der Waals surface area (Å²) >= 11 is 5.86. The number of aromatic nitrogens is 1. The highest BCUT2D eigenvalue weighted by Gasteiger charge is 2.16. The maximum atomic E-state index is 12.0. The van der Waals surface area contributed by atoms with Crippen LogP contribution in [0.2, 0.25) is 5.15 Å². The first-order chi connectivity index (χ1) is 7.20. The normalized spacial score (nSPS) is 10.1. The molecule has 1 aromatic heterocycles. The SMILES string of the molecule is CCCN(CC)C(=O)c1cccnc1Cl. The van der Waals surface area contributed by atoms with Crippen LogP contribution in [0.5, 0.6) is 0 Å². The van der Waals surface area contributed by atoms with Crippen molar-refractivity contribution >= 4 is 17.5 Å². The largest absolute Gasteiger partial charge is 0.339 e. The molecule has 0 aromatic carbocycles. The Labute approximate surface area is 95.1 Å². The van der Waals surface area contributed by atoms with E-state index in [0.717, 1.165) is 13.0 Å². The minimum absolute atomic E-state index is 0.0440. The number of nitrogens with zero attached hydrogens (tertiary/aromatic N) is 2. The second kappa shape index (κ2) is 5.71. The summed E-state index contributed by atoms with van der Waals surface area (Å²) in [7, 11) is 0. The first-order valence-corrected chi connectivity index (χ1v) is 5.48. The van der Waals surface area contributed by atoms with E-state index in [1.165, 1.54) is 0 Å². The quantitative estimate of drug-likeness (QED) is 0.740. The molecule has 1 heterocycles. The average Bonchev–Trinajstić information content (AvgIpc) is 2.25. The van der Waals surface area contributed by atoms with E-state index in [-0.39, 0.29) is 11.1 Å². The second-order valence-electron chi connectivity index (χ2n) is 3.23. The molecule has 0 atom stereocenters. The van der Waals surface area contributed by atoms with E-state index >= 15 is 0 Å². The van der Waals surface area contributed by atoms with Crippen LogP contribution in [0.25, 0.3) is 0 Å². The highest BCUT2D eigenvalue weighted by Crippen LogP contribution is 2.14. The van der Waals surface area contributed by atoms with Crippen LogP contribution >= 0.6 is 11.6 Å². The third-order valence-corrected chi connectivity index (χ3v) is 2.45. The Morgan fingerprint density at radius 1 is 1.53 bits per heavy atom. The lowest BCUT2D eigenvalue weighted by Crippen LogP contribution is -2.31. The Hall–Kier alpha value is -1.09. The first kappa shape index (κ1) is 12.0. The zero-order valence-electron chi connectivity index (χ0n) is 9.03. The van der Waals surface area contributed by atoms with Gasteiger partial charge in [-0.15, -0.1) is 0 Å². The third kappa shape index (κ3) is 2.93. The molecular weight excluding hydrogens is 212 g/mol. The lowest BCUT2D eigenvalue weighted by molar-refractivity contribution is 0.0764. The standard InChI is InChI=1S/C11H15ClN2O/c1-3-8-14(4-2)11(15)9-6-5-7-13-10(9)12/h5-7H,3-4,8H2,1-2H3. The molecule has 4 heteroatoms. The minimum atomic E-state index is -0.0440. The Morgan fingerprint density at radius 3 is 2.80 bits per heavy atom. The van der Waals surface area contributed by atoms with Crippen molar-refractivity contribution in [1.82, 2.24) is 9.88 Å².